The van der Waals surface area contributed by atoms with E-state index in [4.69, 9.17) is 28.5 Å². The molecule has 1 fully saturated rings. The number of carbonyl (C=O) groups excluding carboxylic acids is 4. The molecule has 0 aliphatic carbocycles. The Balaban J connectivity index is 2.02. The molecule has 2 aliphatic heterocycles. The van der Waals surface area contributed by atoms with Gasteiger partial charge in [0.25, 0.3) is 0 Å². The van der Waals surface area contributed by atoms with E-state index in [0.717, 1.165) is 32.5 Å². The van der Waals surface area contributed by atoms with Crippen LogP contribution >= 0.6 is 11.8 Å². The minimum absolute atomic E-state index is 0.246. The predicted molar refractivity (Wildman–Crippen MR) is 113 cm³/mol. The molecular weight excluding hydrogens is 477 g/mol. The molecule has 0 radical (unpaired) electrons. The van der Waals surface area contributed by atoms with E-state index in [2.05, 4.69) is 5.16 Å². The highest BCUT2D eigenvalue weighted by Crippen LogP contribution is 2.48. The zero-order chi connectivity index (χ0) is 25.0. The van der Waals surface area contributed by atoms with Crippen LogP contribution in [0.1, 0.15) is 33.3 Å². The van der Waals surface area contributed by atoms with Crippen LogP contribution in [0.25, 0.3) is 0 Å². The number of benzene rings is 1. The van der Waals surface area contributed by atoms with Gasteiger partial charge in [0.1, 0.15) is 23.6 Å². The largest absolute Gasteiger partial charge is 0.463 e. The van der Waals surface area contributed by atoms with Crippen molar-refractivity contribution in [3.05, 3.63) is 35.6 Å². The molecule has 1 aromatic rings. The highest BCUT2D eigenvalue weighted by atomic mass is 32.2. The number of halogens is 1. The summed E-state index contributed by atoms with van der Waals surface area (Å²) in [4.78, 5) is 52.7. The zero-order valence-electron chi connectivity index (χ0n) is 18.6. The molecule has 0 saturated carbocycles. The van der Waals surface area contributed by atoms with Crippen molar-refractivity contribution in [1.82, 2.24) is 0 Å². The van der Waals surface area contributed by atoms with E-state index < -0.39 is 65.8 Å². The van der Waals surface area contributed by atoms with E-state index in [1.54, 1.807) is 0 Å². The Morgan fingerprint density at radius 3 is 2.09 bits per heavy atom. The molecule has 13 heteroatoms. The van der Waals surface area contributed by atoms with Crippen LogP contribution in [0.3, 0.4) is 0 Å². The summed E-state index contributed by atoms with van der Waals surface area (Å²) < 4.78 is 40.6. The van der Waals surface area contributed by atoms with Crippen molar-refractivity contribution in [1.29, 1.82) is 0 Å². The van der Waals surface area contributed by atoms with Crippen LogP contribution in [0.2, 0.25) is 0 Å². The fraction of sp³-hybridized carbons (Fsp3) is 0.476. The summed E-state index contributed by atoms with van der Waals surface area (Å²) >= 11 is 0.866. The first kappa shape index (κ1) is 25.4. The third kappa shape index (κ3) is 5.83. The summed E-state index contributed by atoms with van der Waals surface area (Å²) in [7, 11) is 0. The second-order valence-electron chi connectivity index (χ2n) is 7.34. The Morgan fingerprint density at radius 2 is 1.53 bits per heavy atom. The predicted octanol–water partition coefficient (Wildman–Crippen LogP) is 1.66. The number of rotatable bonds is 6. The lowest BCUT2D eigenvalue weighted by molar-refractivity contribution is -0.323. The number of hydrogen-bond acceptors (Lipinski definition) is 12. The third-order valence-corrected chi connectivity index (χ3v) is 5.78. The van der Waals surface area contributed by atoms with Crippen LogP contribution in [-0.4, -0.2) is 65.1 Å². The van der Waals surface area contributed by atoms with Crippen molar-refractivity contribution < 1.29 is 52.1 Å². The van der Waals surface area contributed by atoms with E-state index in [9.17, 15) is 23.6 Å². The number of thioether (sulfide) groups is 1. The molecule has 1 saturated heterocycles. The fourth-order valence-electron chi connectivity index (χ4n) is 3.37. The van der Waals surface area contributed by atoms with E-state index in [1.807, 2.05) is 0 Å². The maximum atomic E-state index is 13.4. The van der Waals surface area contributed by atoms with Gasteiger partial charge in [-0.05, 0) is 36.0 Å². The maximum absolute atomic E-state index is 13.4. The topological polar surface area (TPSA) is 136 Å². The van der Waals surface area contributed by atoms with Crippen molar-refractivity contribution in [3.63, 3.8) is 0 Å². The van der Waals surface area contributed by atoms with Gasteiger partial charge in [-0.3, -0.25) is 19.2 Å². The van der Waals surface area contributed by atoms with Crippen LogP contribution in [0.15, 0.2) is 29.4 Å². The van der Waals surface area contributed by atoms with Crippen molar-refractivity contribution in [3.8, 4) is 0 Å². The van der Waals surface area contributed by atoms with E-state index >= 15 is 0 Å². The summed E-state index contributed by atoms with van der Waals surface area (Å²) in [5, 5.41) is 2.32. The molecule has 1 spiro atoms. The minimum atomic E-state index is -1.91. The van der Waals surface area contributed by atoms with Crippen molar-refractivity contribution in [2.45, 2.75) is 57.2 Å². The van der Waals surface area contributed by atoms with Gasteiger partial charge in [-0.1, -0.05) is 5.16 Å². The molecule has 5 atom stereocenters. The Kier molecular flexibility index (Phi) is 7.77. The van der Waals surface area contributed by atoms with Gasteiger partial charge in [0.15, 0.2) is 12.2 Å². The molecule has 0 aromatic heterocycles. The lowest BCUT2D eigenvalue weighted by Crippen LogP contribution is -2.67. The molecule has 3 rings (SSSR count). The molecular formula is C21H22FNO10S. The minimum Gasteiger partial charge on any atom is -0.463 e. The van der Waals surface area contributed by atoms with Gasteiger partial charge >= 0.3 is 29.0 Å². The van der Waals surface area contributed by atoms with Crippen LogP contribution in [0.4, 0.5) is 4.39 Å². The number of hydrogen-bond donors (Lipinski definition) is 0. The van der Waals surface area contributed by atoms with Gasteiger partial charge in [-0.15, -0.1) is 0 Å². The number of carbonyl (C=O) groups is 4. The number of nitrogens with zero attached hydrogens (tertiary/aromatic N) is 1. The Bertz CT molecular complexity index is 1000. The smallest absolute Gasteiger partial charge is 0.332 e. The van der Waals surface area contributed by atoms with Gasteiger partial charge in [0, 0.05) is 33.3 Å². The van der Waals surface area contributed by atoms with E-state index in [1.165, 1.54) is 31.2 Å². The fourth-order valence-corrected chi connectivity index (χ4v) is 4.51. The van der Waals surface area contributed by atoms with Gasteiger partial charge < -0.3 is 28.5 Å². The molecule has 1 aromatic carbocycles. The molecule has 11 nitrogen and oxygen atoms in total. The lowest BCUT2D eigenvalue weighted by atomic mass is 9.98. The normalized spacial score (nSPS) is 27.9. The zero-order valence-corrected chi connectivity index (χ0v) is 19.5. The Hall–Kier alpha value is -3.19. The van der Waals surface area contributed by atoms with Gasteiger partial charge in [-0.25, -0.2) is 4.39 Å². The second-order valence-corrected chi connectivity index (χ2v) is 8.50. The summed E-state index contributed by atoms with van der Waals surface area (Å²) in [5.74, 6) is -3.40. The highest BCUT2D eigenvalue weighted by molar-refractivity contribution is 8.15. The SMILES string of the molecule is CC(=O)OCC1O[C@]2(ON=C(c3ccc(F)cc3)S2)C(OC(C)=O)C(OC(C)=O)[C@@H]1OC(C)=O. The van der Waals surface area contributed by atoms with Crippen molar-refractivity contribution in [2.75, 3.05) is 6.61 Å². The second kappa shape index (κ2) is 10.4. The van der Waals surface area contributed by atoms with Crippen LogP contribution in [0.5, 0.6) is 0 Å². The lowest BCUT2D eigenvalue weighted by Gasteiger charge is -2.47. The molecule has 184 valence electrons. The summed E-state index contributed by atoms with van der Waals surface area (Å²) in [5.41, 5.74) is 0.469. The molecule has 0 bridgehead atoms. The van der Waals surface area contributed by atoms with Gasteiger partial charge in [0.2, 0.25) is 6.10 Å². The maximum Gasteiger partial charge on any atom is 0.332 e. The number of oxime groups is 1. The molecule has 2 heterocycles. The summed E-state index contributed by atoms with van der Waals surface area (Å²) in [6, 6.07) is 5.34. The monoisotopic (exact) mass is 499 g/mol. The quantitative estimate of drug-likeness (QED) is 0.417. The van der Waals surface area contributed by atoms with Crippen molar-refractivity contribution in [2.24, 2.45) is 5.16 Å². The molecule has 34 heavy (non-hydrogen) atoms. The average Bonchev–Trinajstić information content (AvgIpc) is 3.16. The highest BCUT2D eigenvalue weighted by Gasteiger charge is 2.65. The average molecular weight is 499 g/mol. The first-order valence-electron chi connectivity index (χ1n) is 10.0. The van der Waals surface area contributed by atoms with Gasteiger partial charge in [-0.2, -0.15) is 0 Å². The summed E-state index contributed by atoms with van der Waals surface area (Å²) in [6.45, 7) is 4.11. The Morgan fingerprint density at radius 1 is 0.941 bits per heavy atom. The molecule has 3 unspecified atom stereocenters. The molecule has 2 aliphatic rings. The molecule has 0 N–H and O–H groups in total. The van der Waals surface area contributed by atoms with Crippen LogP contribution in [-0.2, 0) is 47.7 Å². The van der Waals surface area contributed by atoms with Crippen LogP contribution in [0, 0.1) is 5.82 Å². The Labute approximate surface area is 197 Å². The number of ether oxygens (including phenoxy) is 5. The number of esters is 4. The van der Waals surface area contributed by atoms with E-state index in [0.29, 0.717) is 5.56 Å². The van der Waals surface area contributed by atoms with Crippen LogP contribution < -0.4 is 0 Å². The first-order chi connectivity index (χ1) is 16.0. The van der Waals surface area contributed by atoms with E-state index in [-0.39, 0.29) is 5.04 Å². The molecule has 0 amide bonds. The first-order valence-corrected chi connectivity index (χ1v) is 10.9. The third-order valence-electron chi connectivity index (χ3n) is 4.59. The van der Waals surface area contributed by atoms with Gasteiger partial charge in [0.05, 0.1) is 0 Å². The van der Waals surface area contributed by atoms with Crippen molar-refractivity contribution >= 4 is 40.7 Å². The summed E-state index contributed by atoms with van der Waals surface area (Å²) in [6.07, 6.45) is -5.39. The standard InChI is InChI=1S/C21H22FNO10S/c1-10(24)28-9-16-17(29-11(2)25)18(30-12(3)26)19(31-13(4)27)21(32-16)33-23-20(34-21)14-5-7-15(22)8-6-14/h5-8,16-19H,9H2,1-4H3/t16?,17-,18?,19?,21+/m1/s1.